The number of morpholine rings is 1. The molecule has 9 nitrogen and oxygen atoms in total. The number of benzene rings is 1. The molecule has 0 atom stereocenters. The molecule has 10 heteroatoms. The minimum atomic E-state index is -3.65. The van der Waals surface area contributed by atoms with E-state index in [0.717, 1.165) is 18.9 Å². The van der Waals surface area contributed by atoms with Crippen LogP contribution in [0.4, 0.5) is 11.6 Å². The van der Waals surface area contributed by atoms with Crippen LogP contribution >= 0.6 is 0 Å². The number of anilines is 2. The highest BCUT2D eigenvalue weighted by molar-refractivity contribution is 7.89. The Bertz CT molecular complexity index is 856. The van der Waals surface area contributed by atoms with Crippen molar-refractivity contribution < 1.29 is 17.9 Å². The number of sulfonamides is 1. The van der Waals surface area contributed by atoms with Crippen molar-refractivity contribution in [2.75, 3.05) is 56.7 Å². The second kappa shape index (κ2) is 8.98. The summed E-state index contributed by atoms with van der Waals surface area (Å²) >= 11 is 0. The predicted octanol–water partition coefficient (Wildman–Crippen LogP) is 0.712. The van der Waals surface area contributed by atoms with Crippen LogP contribution in [-0.2, 0) is 14.8 Å². The molecule has 1 aromatic carbocycles. The molecule has 1 aromatic heterocycles. The van der Waals surface area contributed by atoms with Gasteiger partial charge in [0.15, 0.2) is 0 Å². The maximum absolute atomic E-state index is 12.4. The van der Waals surface area contributed by atoms with Gasteiger partial charge in [-0.25, -0.2) is 23.1 Å². The van der Waals surface area contributed by atoms with Crippen LogP contribution in [0.1, 0.15) is 0 Å². The molecule has 2 aromatic rings. The second-order valence-electron chi connectivity index (χ2n) is 5.84. The number of aromatic nitrogens is 2. The van der Waals surface area contributed by atoms with Crippen LogP contribution in [0, 0.1) is 0 Å². The van der Waals surface area contributed by atoms with Gasteiger partial charge in [-0.1, -0.05) is 12.1 Å². The molecule has 0 spiro atoms. The first-order valence-corrected chi connectivity index (χ1v) is 10.1. The van der Waals surface area contributed by atoms with Crippen LogP contribution in [0.25, 0.3) is 0 Å². The van der Waals surface area contributed by atoms with E-state index in [1.807, 2.05) is 6.07 Å². The van der Waals surface area contributed by atoms with Gasteiger partial charge in [0.1, 0.15) is 28.6 Å². The second-order valence-corrected chi connectivity index (χ2v) is 7.57. The van der Waals surface area contributed by atoms with E-state index >= 15 is 0 Å². The van der Waals surface area contributed by atoms with E-state index in [2.05, 4.69) is 24.9 Å². The smallest absolute Gasteiger partial charge is 0.244 e. The van der Waals surface area contributed by atoms with Gasteiger partial charge in [-0.2, -0.15) is 0 Å². The Kier molecular flexibility index (Phi) is 6.43. The molecule has 2 N–H and O–H groups in total. The highest BCUT2D eigenvalue weighted by Crippen LogP contribution is 2.22. The van der Waals surface area contributed by atoms with Crippen molar-refractivity contribution in [1.82, 2.24) is 14.7 Å². The molecule has 1 aliphatic rings. The number of nitrogens with zero attached hydrogens (tertiary/aromatic N) is 3. The zero-order chi connectivity index (χ0) is 19.1. The summed E-state index contributed by atoms with van der Waals surface area (Å²) in [6.07, 6.45) is 1.49. The van der Waals surface area contributed by atoms with Gasteiger partial charge < -0.3 is 19.7 Å². The first-order valence-electron chi connectivity index (χ1n) is 8.61. The standard InChI is InChI=1S/C17H23N5O4S/c1-25-14-4-2-3-5-15(14)27(23,24)21-7-6-18-16-12-17(20-13-19-16)22-8-10-26-11-9-22/h2-5,12-13,21H,6-11H2,1H3,(H,18,19,20). The van der Waals surface area contributed by atoms with Crippen LogP contribution in [0.2, 0.25) is 0 Å². The molecule has 1 fully saturated rings. The van der Waals surface area contributed by atoms with Crippen LogP contribution < -0.4 is 19.7 Å². The number of rotatable bonds is 8. The number of methoxy groups -OCH3 is 1. The average molecular weight is 393 g/mol. The van der Waals surface area contributed by atoms with Crippen molar-refractivity contribution >= 4 is 21.7 Å². The van der Waals surface area contributed by atoms with E-state index in [-0.39, 0.29) is 11.4 Å². The van der Waals surface area contributed by atoms with Crippen LogP contribution in [-0.4, -0.2) is 64.9 Å². The Hall–Kier alpha value is -2.43. The van der Waals surface area contributed by atoms with E-state index < -0.39 is 10.0 Å². The molecular formula is C17H23N5O4S. The minimum Gasteiger partial charge on any atom is -0.495 e. The number of hydrogen-bond donors (Lipinski definition) is 2. The lowest BCUT2D eigenvalue weighted by molar-refractivity contribution is 0.122. The minimum absolute atomic E-state index is 0.115. The van der Waals surface area contributed by atoms with E-state index in [0.29, 0.717) is 31.3 Å². The van der Waals surface area contributed by atoms with Gasteiger partial charge >= 0.3 is 0 Å². The SMILES string of the molecule is COc1ccccc1S(=O)(=O)NCCNc1cc(N2CCOCC2)ncn1. The summed E-state index contributed by atoms with van der Waals surface area (Å²) in [6.45, 7) is 3.52. The van der Waals surface area contributed by atoms with Gasteiger partial charge in [0.05, 0.1) is 20.3 Å². The number of hydrogen-bond acceptors (Lipinski definition) is 8. The molecule has 0 unspecified atom stereocenters. The number of nitrogens with one attached hydrogen (secondary N) is 2. The molecule has 0 amide bonds. The van der Waals surface area contributed by atoms with Crippen LogP contribution in [0.3, 0.4) is 0 Å². The Labute approximate surface area is 158 Å². The lowest BCUT2D eigenvalue weighted by Gasteiger charge is -2.27. The molecule has 1 aliphatic heterocycles. The average Bonchev–Trinajstić information content (AvgIpc) is 2.72. The summed E-state index contributed by atoms with van der Waals surface area (Å²) in [6, 6.07) is 8.35. The first kappa shape index (κ1) is 19.3. The van der Waals surface area contributed by atoms with Crippen molar-refractivity contribution in [1.29, 1.82) is 0 Å². The fourth-order valence-electron chi connectivity index (χ4n) is 2.70. The van der Waals surface area contributed by atoms with E-state index in [1.165, 1.54) is 19.5 Å². The van der Waals surface area contributed by atoms with Gasteiger partial charge in [-0.15, -0.1) is 0 Å². The molecule has 146 valence electrons. The maximum atomic E-state index is 12.4. The fourth-order valence-corrected chi connectivity index (χ4v) is 3.90. The molecule has 0 radical (unpaired) electrons. The number of ether oxygens (including phenoxy) is 2. The summed E-state index contributed by atoms with van der Waals surface area (Å²) in [5.74, 6) is 1.78. The Balaban J connectivity index is 1.54. The highest BCUT2D eigenvalue weighted by Gasteiger charge is 2.18. The van der Waals surface area contributed by atoms with Crippen molar-refractivity contribution in [3.63, 3.8) is 0 Å². The van der Waals surface area contributed by atoms with Crippen LogP contribution in [0.5, 0.6) is 5.75 Å². The van der Waals surface area contributed by atoms with Crippen molar-refractivity contribution in [3.05, 3.63) is 36.7 Å². The van der Waals surface area contributed by atoms with Crippen LogP contribution in [0.15, 0.2) is 41.6 Å². The van der Waals surface area contributed by atoms with E-state index in [9.17, 15) is 8.42 Å². The molecule has 1 saturated heterocycles. The summed E-state index contributed by atoms with van der Waals surface area (Å²) in [5, 5.41) is 3.11. The third-order valence-electron chi connectivity index (χ3n) is 4.07. The largest absolute Gasteiger partial charge is 0.495 e. The van der Waals surface area contributed by atoms with E-state index in [4.69, 9.17) is 9.47 Å². The van der Waals surface area contributed by atoms with Crippen molar-refractivity contribution in [2.45, 2.75) is 4.90 Å². The van der Waals surface area contributed by atoms with Gasteiger partial charge in [0.25, 0.3) is 0 Å². The zero-order valence-corrected chi connectivity index (χ0v) is 15.9. The van der Waals surface area contributed by atoms with Crippen molar-refractivity contribution in [2.24, 2.45) is 0 Å². The van der Waals surface area contributed by atoms with Gasteiger partial charge in [-0.3, -0.25) is 0 Å². The van der Waals surface area contributed by atoms with Gasteiger partial charge in [0, 0.05) is 32.2 Å². The first-order chi connectivity index (χ1) is 13.1. The summed E-state index contributed by atoms with van der Waals surface area (Å²) < 4.78 is 37.9. The van der Waals surface area contributed by atoms with Gasteiger partial charge in [0.2, 0.25) is 10.0 Å². The topological polar surface area (TPSA) is 106 Å². The van der Waals surface area contributed by atoms with E-state index in [1.54, 1.807) is 18.2 Å². The summed E-state index contributed by atoms with van der Waals surface area (Å²) in [5.41, 5.74) is 0. The lowest BCUT2D eigenvalue weighted by Crippen LogP contribution is -2.36. The molecule has 0 bridgehead atoms. The third kappa shape index (κ3) is 5.06. The normalized spacial score (nSPS) is 14.8. The molecule has 27 heavy (non-hydrogen) atoms. The Morgan fingerprint density at radius 1 is 1.19 bits per heavy atom. The maximum Gasteiger partial charge on any atom is 0.244 e. The van der Waals surface area contributed by atoms with Crippen molar-refractivity contribution in [3.8, 4) is 5.75 Å². The number of para-hydroxylation sites is 1. The molecule has 2 heterocycles. The molecular weight excluding hydrogens is 370 g/mol. The summed E-state index contributed by atoms with van der Waals surface area (Å²) in [4.78, 5) is 10.7. The van der Waals surface area contributed by atoms with Gasteiger partial charge in [-0.05, 0) is 12.1 Å². The Morgan fingerprint density at radius 2 is 1.96 bits per heavy atom. The lowest BCUT2D eigenvalue weighted by atomic mass is 10.3. The Morgan fingerprint density at radius 3 is 2.74 bits per heavy atom. The third-order valence-corrected chi connectivity index (χ3v) is 5.57. The summed E-state index contributed by atoms with van der Waals surface area (Å²) in [7, 11) is -2.21. The fraction of sp³-hybridized carbons (Fsp3) is 0.412. The highest BCUT2D eigenvalue weighted by atomic mass is 32.2. The quantitative estimate of drug-likeness (QED) is 0.632. The predicted molar refractivity (Wildman–Crippen MR) is 102 cm³/mol. The zero-order valence-electron chi connectivity index (χ0n) is 15.1. The molecule has 0 saturated carbocycles. The monoisotopic (exact) mass is 393 g/mol. The molecule has 3 rings (SSSR count). The molecule has 0 aliphatic carbocycles.